The number of ether oxygens (including phenoxy) is 3. The summed E-state index contributed by atoms with van der Waals surface area (Å²) in [7, 11) is 0. The number of carboxylic acids is 1. The maximum atomic E-state index is 10.7. The molecule has 1 aliphatic heterocycles. The molecule has 0 saturated carbocycles. The standard InChI is InChI=1S/C13H16O5/c1-13(17-8-11(18-13)12(14)15)9-16-7-10-5-3-2-4-6-10/h2-6,11H,7-9H2,1H3,(H,14,15)/t11-,13+/m0/s1. The van der Waals surface area contributed by atoms with E-state index in [-0.39, 0.29) is 13.2 Å². The summed E-state index contributed by atoms with van der Waals surface area (Å²) in [5, 5.41) is 8.80. The van der Waals surface area contributed by atoms with Crippen LogP contribution in [0.25, 0.3) is 0 Å². The van der Waals surface area contributed by atoms with Crippen LogP contribution in [0.15, 0.2) is 30.3 Å². The van der Waals surface area contributed by atoms with Crippen molar-refractivity contribution in [1.29, 1.82) is 0 Å². The number of aliphatic carboxylic acids is 1. The predicted molar refractivity (Wildman–Crippen MR) is 63.0 cm³/mol. The van der Waals surface area contributed by atoms with Gasteiger partial charge in [-0.2, -0.15) is 0 Å². The normalized spacial score (nSPS) is 27.3. The van der Waals surface area contributed by atoms with Crippen LogP contribution in [0.2, 0.25) is 0 Å². The molecule has 1 fully saturated rings. The highest BCUT2D eigenvalue weighted by Crippen LogP contribution is 2.24. The highest BCUT2D eigenvalue weighted by atomic mass is 16.8. The maximum Gasteiger partial charge on any atom is 0.335 e. The highest BCUT2D eigenvalue weighted by molar-refractivity contribution is 5.72. The molecule has 0 aliphatic carbocycles. The quantitative estimate of drug-likeness (QED) is 0.858. The second kappa shape index (κ2) is 5.48. The van der Waals surface area contributed by atoms with Crippen molar-refractivity contribution in [3.05, 3.63) is 35.9 Å². The summed E-state index contributed by atoms with van der Waals surface area (Å²) >= 11 is 0. The molecule has 0 spiro atoms. The van der Waals surface area contributed by atoms with Crippen LogP contribution in [0, 0.1) is 0 Å². The van der Waals surface area contributed by atoms with Gasteiger partial charge in [0, 0.05) is 0 Å². The van der Waals surface area contributed by atoms with Crippen LogP contribution in [-0.4, -0.2) is 36.2 Å². The van der Waals surface area contributed by atoms with Crippen molar-refractivity contribution in [2.24, 2.45) is 0 Å². The Kier molecular flexibility index (Phi) is 3.96. The molecule has 18 heavy (non-hydrogen) atoms. The average Bonchev–Trinajstić information content (AvgIpc) is 2.74. The smallest absolute Gasteiger partial charge is 0.335 e. The molecule has 2 atom stereocenters. The summed E-state index contributed by atoms with van der Waals surface area (Å²) in [5.41, 5.74) is 1.05. The van der Waals surface area contributed by atoms with E-state index in [9.17, 15) is 4.79 Å². The van der Waals surface area contributed by atoms with Gasteiger partial charge in [-0.1, -0.05) is 30.3 Å². The largest absolute Gasteiger partial charge is 0.479 e. The Labute approximate surface area is 105 Å². The van der Waals surface area contributed by atoms with E-state index in [0.29, 0.717) is 6.61 Å². The fourth-order valence-corrected chi connectivity index (χ4v) is 1.75. The van der Waals surface area contributed by atoms with Crippen molar-refractivity contribution in [3.63, 3.8) is 0 Å². The van der Waals surface area contributed by atoms with E-state index < -0.39 is 17.9 Å². The van der Waals surface area contributed by atoms with Crippen LogP contribution in [-0.2, 0) is 25.6 Å². The monoisotopic (exact) mass is 252 g/mol. The molecule has 98 valence electrons. The number of carboxylic acid groups (broad SMARTS) is 1. The van der Waals surface area contributed by atoms with E-state index in [2.05, 4.69) is 0 Å². The Balaban J connectivity index is 1.79. The zero-order valence-corrected chi connectivity index (χ0v) is 10.2. The van der Waals surface area contributed by atoms with Crippen molar-refractivity contribution >= 4 is 5.97 Å². The van der Waals surface area contributed by atoms with Gasteiger partial charge in [-0.3, -0.25) is 0 Å². The Morgan fingerprint density at radius 3 is 2.83 bits per heavy atom. The first-order valence-electron chi connectivity index (χ1n) is 5.75. The maximum absolute atomic E-state index is 10.7. The molecule has 2 rings (SSSR count). The molecule has 0 amide bonds. The molecule has 0 unspecified atom stereocenters. The van der Waals surface area contributed by atoms with Gasteiger partial charge in [0.25, 0.3) is 0 Å². The minimum Gasteiger partial charge on any atom is -0.479 e. The molecule has 5 nitrogen and oxygen atoms in total. The second-order valence-corrected chi connectivity index (χ2v) is 4.37. The number of hydrogen-bond donors (Lipinski definition) is 1. The fraction of sp³-hybridized carbons (Fsp3) is 0.462. The lowest BCUT2D eigenvalue weighted by Crippen LogP contribution is -2.34. The first-order valence-corrected chi connectivity index (χ1v) is 5.75. The first-order chi connectivity index (χ1) is 8.59. The number of carbonyl (C=O) groups is 1. The van der Waals surface area contributed by atoms with Crippen molar-refractivity contribution in [2.45, 2.75) is 25.4 Å². The molecule has 0 aromatic heterocycles. The summed E-state index contributed by atoms with van der Waals surface area (Å²) in [6.07, 6.45) is -0.907. The summed E-state index contributed by atoms with van der Waals surface area (Å²) in [6, 6.07) is 9.72. The number of rotatable bonds is 5. The molecule has 1 aromatic rings. The van der Waals surface area contributed by atoms with E-state index in [1.807, 2.05) is 30.3 Å². The van der Waals surface area contributed by atoms with E-state index in [1.54, 1.807) is 6.92 Å². The minimum atomic E-state index is -1.01. The van der Waals surface area contributed by atoms with E-state index in [0.717, 1.165) is 5.56 Å². The van der Waals surface area contributed by atoms with Crippen LogP contribution in [0.1, 0.15) is 12.5 Å². The van der Waals surface area contributed by atoms with Crippen molar-refractivity contribution in [3.8, 4) is 0 Å². The lowest BCUT2D eigenvalue weighted by atomic mass is 10.2. The van der Waals surface area contributed by atoms with Crippen molar-refractivity contribution < 1.29 is 24.1 Å². The molecule has 1 aliphatic rings. The summed E-state index contributed by atoms with van der Waals surface area (Å²) in [4.78, 5) is 10.7. The first kappa shape index (κ1) is 13.0. The van der Waals surface area contributed by atoms with Crippen LogP contribution in [0.4, 0.5) is 0 Å². The van der Waals surface area contributed by atoms with Crippen molar-refractivity contribution in [2.75, 3.05) is 13.2 Å². The summed E-state index contributed by atoms with van der Waals surface area (Å²) in [6.45, 7) is 2.38. The van der Waals surface area contributed by atoms with Gasteiger partial charge in [-0.25, -0.2) is 4.79 Å². The molecule has 1 N–H and O–H groups in total. The average molecular weight is 252 g/mol. The Hall–Kier alpha value is -1.43. The van der Waals surface area contributed by atoms with Gasteiger partial charge in [0.1, 0.15) is 6.61 Å². The van der Waals surface area contributed by atoms with Crippen molar-refractivity contribution in [1.82, 2.24) is 0 Å². The third-order valence-corrected chi connectivity index (χ3v) is 2.68. The van der Waals surface area contributed by atoms with Gasteiger partial charge >= 0.3 is 5.97 Å². The lowest BCUT2D eigenvalue weighted by molar-refractivity contribution is -0.197. The van der Waals surface area contributed by atoms with E-state index in [1.165, 1.54) is 0 Å². The van der Waals surface area contributed by atoms with Crippen LogP contribution in [0.5, 0.6) is 0 Å². The van der Waals surface area contributed by atoms with Gasteiger partial charge in [-0.15, -0.1) is 0 Å². The fourth-order valence-electron chi connectivity index (χ4n) is 1.75. The predicted octanol–water partition coefficient (Wildman–Crippen LogP) is 1.42. The molecule has 1 saturated heterocycles. The number of hydrogen-bond acceptors (Lipinski definition) is 4. The lowest BCUT2D eigenvalue weighted by Gasteiger charge is -2.22. The minimum absolute atomic E-state index is 0.0561. The zero-order valence-electron chi connectivity index (χ0n) is 10.2. The van der Waals surface area contributed by atoms with Crippen LogP contribution in [0.3, 0.4) is 0 Å². The highest BCUT2D eigenvalue weighted by Gasteiger charge is 2.40. The molecule has 5 heteroatoms. The SMILES string of the molecule is C[C@@]1(COCc2ccccc2)OC[C@@H](C(=O)O)O1. The van der Waals surface area contributed by atoms with Gasteiger partial charge in [0.15, 0.2) is 11.9 Å². The van der Waals surface area contributed by atoms with Crippen LogP contribution < -0.4 is 0 Å². The Morgan fingerprint density at radius 1 is 1.50 bits per heavy atom. The molecule has 1 aromatic carbocycles. The second-order valence-electron chi connectivity index (χ2n) is 4.37. The van der Waals surface area contributed by atoms with E-state index >= 15 is 0 Å². The van der Waals surface area contributed by atoms with Gasteiger partial charge < -0.3 is 19.3 Å². The van der Waals surface area contributed by atoms with Gasteiger partial charge in [0.2, 0.25) is 0 Å². The molecular weight excluding hydrogens is 236 g/mol. The van der Waals surface area contributed by atoms with E-state index in [4.69, 9.17) is 19.3 Å². The molecule has 0 bridgehead atoms. The molecular formula is C13H16O5. The molecule has 1 heterocycles. The van der Waals surface area contributed by atoms with Gasteiger partial charge in [0.05, 0.1) is 13.2 Å². The Bertz CT molecular complexity index is 405. The summed E-state index contributed by atoms with van der Waals surface area (Å²) < 4.78 is 16.1. The zero-order chi connectivity index (χ0) is 13.0. The van der Waals surface area contributed by atoms with Crippen LogP contribution >= 0.6 is 0 Å². The third kappa shape index (κ3) is 3.29. The molecule has 0 radical (unpaired) electrons. The number of benzene rings is 1. The summed E-state index contributed by atoms with van der Waals surface area (Å²) in [5.74, 6) is -1.99. The topological polar surface area (TPSA) is 65.0 Å². The Morgan fingerprint density at radius 2 is 2.22 bits per heavy atom. The third-order valence-electron chi connectivity index (χ3n) is 2.68. The van der Waals surface area contributed by atoms with Gasteiger partial charge in [-0.05, 0) is 12.5 Å².